The lowest BCUT2D eigenvalue weighted by Gasteiger charge is -2.31. The number of piperidine rings is 1. The summed E-state index contributed by atoms with van der Waals surface area (Å²) in [4.78, 5) is 18.9. The molecule has 23 heavy (non-hydrogen) atoms. The Bertz CT molecular complexity index is 669. The van der Waals surface area contributed by atoms with Crippen molar-refractivity contribution in [3.8, 4) is 0 Å². The van der Waals surface area contributed by atoms with Gasteiger partial charge in [-0.15, -0.1) is 11.3 Å². The number of hydrogen-bond donors (Lipinski definition) is 0. The Hall–Kier alpha value is -1.69. The Balaban J connectivity index is 1.52. The van der Waals surface area contributed by atoms with Gasteiger partial charge in [0.2, 0.25) is 5.91 Å². The van der Waals surface area contributed by atoms with Crippen LogP contribution in [0.3, 0.4) is 0 Å². The van der Waals surface area contributed by atoms with Gasteiger partial charge in [-0.2, -0.15) is 5.10 Å². The predicted octanol–water partition coefficient (Wildman–Crippen LogP) is 2.83. The fourth-order valence-electron chi connectivity index (χ4n) is 3.38. The normalized spacial score (nSPS) is 16.0. The van der Waals surface area contributed by atoms with Crippen molar-refractivity contribution in [1.82, 2.24) is 19.7 Å². The van der Waals surface area contributed by atoms with Crippen molar-refractivity contribution in [2.24, 2.45) is 7.05 Å². The molecule has 0 spiro atoms. The Labute approximate surface area is 141 Å². The molecule has 0 aromatic carbocycles. The summed E-state index contributed by atoms with van der Waals surface area (Å²) in [5.41, 5.74) is 3.43. The van der Waals surface area contributed by atoms with Crippen LogP contribution < -0.4 is 0 Å². The maximum Gasteiger partial charge on any atom is 0.222 e. The summed E-state index contributed by atoms with van der Waals surface area (Å²) >= 11 is 1.73. The largest absolute Gasteiger partial charge is 0.343 e. The number of aryl methyl sites for hydroxylation is 2. The van der Waals surface area contributed by atoms with E-state index in [1.807, 2.05) is 35.1 Å². The Morgan fingerprint density at radius 2 is 2.09 bits per heavy atom. The molecule has 2 aromatic rings. The van der Waals surface area contributed by atoms with Crippen LogP contribution in [0.15, 0.2) is 11.6 Å². The summed E-state index contributed by atoms with van der Waals surface area (Å²) in [7, 11) is 1.96. The molecule has 2 aromatic heterocycles. The predicted molar refractivity (Wildman–Crippen MR) is 91.7 cm³/mol. The smallest absolute Gasteiger partial charge is 0.222 e. The number of aromatic nitrogens is 3. The SMILES string of the molecule is Cc1nn(C)c(C)c1CCC(=O)N1CCC(c2nccs2)CC1. The van der Waals surface area contributed by atoms with Crippen LogP contribution in [0.1, 0.15) is 47.1 Å². The molecular weight excluding hydrogens is 308 g/mol. The molecule has 3 rings (SSSR count). The standard InChI is InChI=1S/C17H24N4OS/c1-12-15(13(2)20(3)19-12)4-5-16(22)21-9-6-14(7-10-21)17-18-8-11-23-17/h8,11,14H,4-7,9-10H2,1-3H3. The van der Waals surface area contributed by atoms with Crippen molar-refractivity contribution in [2.75, 3.05) is 13.1 Å². The third kappa shape index (κ3) is 3.47. The number of carbonyl (C=O) groups is 1. The summed E-state index contributed by atoms with van der Waals surface area (Å²) < 4.78 is 1.90. The summed E-state index contributed by atoms with van der Waals surface area (Å²) in [6, 6.07) is 0. The molecule has 124 valence electrons. The third-order valence-corrected chi connectivity index (χ3v) is 5.83. The quantitative estimate of drug-likeness (QED) is 0.865. The zero-order chi connectivity index (χ0) is 16.4. The molecule has 0 aliphatic carbocycles. The topological polar surface area (TPSA) is 51.0 Å². The molecule has 1 aliphatic heterocycles. The van der Waals surface area contributed by atoms with Crippen molar-refractivity contribution >= 4 is 17.2 Å². The molecule has 0 bridgehead atoms. The van der Waals surface area contributed by atoms with Crippen LogP contribution in [-0.2, 0) is 18.3 Å². The molecule has 5 nitrogen and oxygen atoms in total. The number of nitrogens with zero attached hydrogens (tertiary/aromatic N) is 4. The van der Waals surface area contributed by atoms with Gasteiger partial charge in [0, 0.05) is 49.7 Å². The van der Waals surface area contributed by atoms with Gasteiger partial charge in [-0.05, 0) is 38.7 Å². The highest BCUT2D eigenvalue weighted by Crippen LogP contribution is 2.29. The van der Waals surface area contributed by atoms with Crippen molar-refractivity contribution in [2.45, 2.75) is 45.4 Å². The van der Waals surface area contributed by atoms with Gasteiger partial charge in [0.25, 0.3) is 0 Å². The number of rotatable bonds is 4. The second-order valence-electron chi connectivity index (χ2n) is 6.30. The zero-order valence-electron chi connectivity index (χ0n) is 14.1. The average molecular weight is 332 g/mol. The van der Waals surface area contributed by atoms with Crippen molar-refractivity contribution in [3.05, 3.63) is 33.5 Å². The maximum absolute atomic E-state index is 12.5. The minimum absolute atomic E-state index is 0.269. The van der Waals surface area contributed by atoms with Crippen molar-refractivity contribution in [3.63, 3.8) is 0 Å². The molecule has 0 radical (unpaired) electrons. The summed E-state index contributed by atoms with van der Waals surface area (Å²) in [6.45, 7) is 5.80. The van der Waals surface area contributed by atoms with Gasteiger partial charge in [0.1, 0.15) is 0 Å². The molecule has 0 N–H and O–H groups in total. The highest BCUT2D eigenvalue weighted by Gasteiger charge is 2.25. The molecule has 0 unspecified atom stereocenters. The average Bonchev–Trinajstić information content (AvgIpc) is 3.16. The maximum atomic E-state index is 12.5. The van der Waals surface area contributed by atoms with Crippen LogP contribution in [0.5, 0.6) is 0 Å². The Morgan fingerprint density at radius 1 is 1.35 bits per heavy atom. The number of hydrogen-bond acceptors (Lipinski definition) is 4. The number of thiazole rings is 1. The third-order valence-electron chi connectivity index (χ3n) is 4.90. The monoisotopic (exact) mass is 332 g/mol. The van der Waals surface area contributed by atoms with Gasteiger partial charge in [-0.1, -0.05) is 0 Å². The number of likely N-dealkylation sites (tertiary alicyclic amines) is 1. The molecule has 6 heteroatoms. The molecule has 0 saturated carbocycles. The van der Waals surface area contributed by atoms with Gasteiger partial charge in [0.05, 0.1) is 10.7 Å². The molecule has 0 atom stereocenters. The van der Waals surface area contributed by atoms with Crippen LogP contribution in [-0.4, -0.2) is 38.7 Å². The van der Waals surface area contributed by atoms with Crippen LogP contribution in [0.4, 0.5) is 0 Å². The van der Waals surface area contributed by atoms with Gasteiger partial charge >= 0.3 is 0 Å². The van der Waals surface area contributed by atoms with E-state index in [0.717, 1.165) is 43.7 Å². The Kier molecular flexibility index (Phi) is 4.80. The first-order valence-corrected chi connectivity index (χ1v) is 9.10. The number of carbonyl (C=O) groups excluding carboxylic acids is 1. The first-order valence-electron chi connectivity index (χ1n) is 8.22. The fourth-order valence-corrected chi connectivity index (χ4v) is 4.19. The van der Waals surface area contributed by atoms with Gasteiger partial charge < -0.3 is 4.90 Å². The van der Waals surface area contributed by atoms with Gasteiger partial charge in [-0.3, -0.25) is 9.48 Å². The van der Waals surface area contributed by atoms with Crippen LogP contribution >= 0.6 is 11.3 Å². The van der Waals surface area contributed by atoms with E-state index in [0.29, 0.717) is 12.3 Å². The highest BCUT2D eigenvalue weighted by molar-refractivity contribution is 7.09. The number of amides is 1. The lowest BCUT2D eigenvalue weighted by molar-refractivity contribution is -0.132. The van der Waals surface area contributed by atoms with E-state index in [2.05, 4.69) is 17.0 Å². The van der Waals surface area contributed by atoms with Gasteiger partial charge in [0.15, 0.2) is 0 Å². The highest BCUT2D eigenvalue weighted by atomic mass is 32.1. The molecule has 3 heterocycles. The van der Waals surface area contributed by atoms with E-state index in [1.165, 1.54) is 10.6 Å². The zero-order valence-corrected chi connectivity index (χ0v) is 14.9. The molecule has 1 saturated heterocycles. The fraction of sp³-hybridized carbons (Fsp3) is 0.588. The lowest BCUT2D eigenvalue weighted by Crippen LogP contribution is -2.38. The second kappa shape index (κ2) is 6.83. The molecule has 1 fully saturated rings. The van der Waals surface area contributed by atoms with Crippen molar-refractivity contribution in [1.29, 1.82) is 0 Å². The molecular formula is C17H24N4OS. The van der Waals surface area contributed by atoms with E-state index in [-0.39, 0.29) is 5.91 Å². The first kappa shape index (κ1) is 16.2. The first-order chi connectivity index (χ1) is 11.1. The molecule has 1 amide bonds. The van der Waals surface area contributed by atoms with Crippen LogP contribution in [0, 0.1) is 13.8 Å². The summed E-state index contributed by atoms with van der Waals surface area (Å²) in [5, 5.41) is 7.68. The molecule has 1 aliphatic rings. The Morgan fingerprint density at radius 3 is 2.65 bits per heavy atom. The van der Waals surface area contributed by atoms with E-state index < -0.39 is 0 Å². The second-order valence-corrected chi connectivity index (χ2v) is 7.22. The van der Waals surface area contributed by atoms with E-state index >= 15 is 0 Å². The summed E-state index contributed by atoms with van der Waals surface area (Å²) in [5.74, 6) is 0.798. The van der Waals surface area contributed by atoms with E-state index in [1.54, 1.807) is 11.3 Å². The van der Waals surface area contributed by atoms with Gasteiger partial charge in [-0.25, -0.2) is 4.98 Å². The van der Waals surface area contributed by atoms with E-state index in [4.69, 9.17) is 0 Å². The van der Waals surface area contributed by atoms with Crippen molar-refractivity contribution < 1.29 is 4.79 Å². The van der Waals surface area contributed by atoms with E-state index in [9.17, 15) is 4.79 Å². The minimum atomic E-state index is 0.269. The van der Waals surface area contributed by atoms with Crippen LogP contribution in [0.2, 0.25) is 0 Å². The van der Waals surface area contributed by atoms with Crippen LogP contribution in [0.25, 0.3) is 0 Å². The summed E-state index contributed by atoms with van der Waals surface area (Å²) in [6.07, 6.45) is 5.30. The lowest BCUT2D eigenvalue weighted by atomic mass is 9.97. The minimum Gasteiger partial charge on any atom is -0.343 e.